The molecule has 0 aromatic carbocycles. The van der Waals surface area contributed by atoms with Crippen LogP contribution in [0, 0.1) is 0 Å². The first-order chi connectivity index (χ1) is 8.67. The third kappa shape index (κ3) is 2.83. The van der Waals surface area contributed by atoms with Crippen molar-refractivity contribution in [2.45, 2.75) is 56.0 Å². The van der Waals surface area contributed by atoms with Crippen molar-refractivity contribution in [2.75, 3.05) is 19.4 Å². The molecule has 0 aromatic rings. The van der Waals surface area contributed by atoms with Crippen LogP contribution in [-0.4, -0.2) is 58.7 Å². The lowest BCUT2D eigenvalue weighted by Gasteiger charge is -2.34. The minimum atomic E-state index is 0.185. The van der Waals surface area contributed by atoms with E-state index in [2.05, 4.69) is 17.1 Å². The predicted octanol–water partition coefficient (Wildman–Crippen LogP) is 0.842. The number of hydrogen-bond donors (Lipinski definition) is 2. The molecule has 0 radical (unpaired) electrons. The molecule has 0 bridgehead atoms. The van der Waals surface area contributed by atoms with Gasteiger partial charge in [0.1, 0.15) is 0 Å². The predicted molar refractivity (Wildman–Crippen MR) is 74.7 cm³/mol. The summed E-state index contributed by atoms with van der Waals surface area (Å²) < 4.78 is 0. The van der Waals surface area contributed by atoms with Gasteiger partial charge in [-0.05, 0) is 32.4 Å². The Labute approximate surface area is 113 Å². The van der Waals surface area contributed by atoms with Gasteiger partial charge in [0, 0.05) is 36.3 Å². The number of thioether (sulfide) groups is 1. The van der Waals surface area contributed by atoms with Crippen molar-refractivity contribution in [3.05, 3.63) is 0 Å². The van der Waals surface area contributed by atoms with E-state index in [-0.39, 0.29) is 23.9 Å². The van der Waals surface area contributed by atoms with E-state index in [1.165, 1.54) is 6.42 Å². The minimum absolute atomic E-state index is 0.185. The van der Waals surface area contributed by atoms with Crippen molar-refractivity contribution >= 4 is 17.7 Å². The quantitative estimate of drug-likeness (QED) is 0.779. The lowest BCUT2D eigenvalue weighted by molar-refractivity contribution is -0.129. The molecule has 0 spiro atoms. The molecule has 0 aliphatic carbocycles. The first-order valence-electron chi connectivity index (χ1n) is 6.86. The molecule has 4 nitrogen and oxygen atoms in total. The smallest absolute Gasteiger partial charge is 0.224 e. The summed E-state index contributed by atoms with van der Waals surface area (Å²) in [5.41, 5.74) is 0. The summed E-state index contributed by atoms with van der Waals surface area (Å²) >= 11 is 1.68. The van der Waals surface area contributed by atoms with E-state index in [1.807, 2.05) is 6.26 Å². The maximum atomic E-state index is 11.9. The first kappa shape index (κ1) is 14.2. The van der Waals surface area contributed by atoms with Gasteiger partial charge >= 0.3 is 0 Å². The number of nitrogens with zero attached hydrogens (tertiary/aromatic N) is 1. The Kier molecular flexibility index (Phi) is 4.92. The summed E-state index contributed by atoms with van der Waals surface area (Å²) in [6, 6.07) is 0.897. The zero-order valence-corrected chi connectivity index (χ0v) is 12.1. The molecule has 0 aromatic heterocycles. The van der Waals surface area contributed by atoms with Gasteiger partial charge in [-0.1, -0.05) is 0 Å². The fourth-order valence-electron chi connectivity index (χ4n) is 3.18. The largest absolute Gasteiger partial charge is 0.395 e. The second-order valence-corrected chi connectivity index (χ2v) is 6.45. The summed E-state index contributed by atoms with van der Waals surface area (Å²) in [6.45, 7) is 3.22. The fraction of sp³-hybridized carbons (Fsp3) is 0.923. The number of aliphatic hydroxyl groups is 1. The Morgan fingerprint density at radius 2 is 2.33 bits per heavy atom. The van der Waals surface area contributed by atoms with Crippen molar-refractivity contribution in [3.8, 4) is 0 Å². The van der Waals surface area contributed by atoms with Crippen LogP contribution in [-0.2, 0) is 4.79 Å². The zero-order valence-electron chi connectivity index (χ0n) is 11.3. The number of rotatable bonds is 5. The Bertz CT molecular complexity index is 297. The van der Waals surface area contributed by atoms with Crippen LogP contribution in [0.2, 0.25) is 0 Å². The number of nitrogens with one attached hydrogen (secondary N) is 1. The summed E-state index contributed by atoms with van der Waals surface area (Å²) in [5.74, 6) is 0.300. The van der Waals surface area contributed by atoms with E-state index >= 15 is 0 Å². The molecular formula is C13H24N2O2S. The molecule has 2 aliphatic rings. The average Bonchev–Trinajstić information content (AvgIpc) is 2.69. The first-order valence-corrected chi connectivity index (χ1v) is 8.15. The molecule has 2 fully saturated rings. The lowest BCUT2D eigenvalue weighted by atomic mass is 9.98. The highest BCUT2D eigenvalue weighted by atomic mass is 32.2. The molecule has 2 heterocycles. The molecule has 4 atom stereocenters. The van der Waals surface area contributed by atoms with Crippen molar-refractivity contribution in [3.63, 3.8) is 0 Å². The lowest BCUT2D eigenvalue weighted by Crippen LogP contribution is -2.50. The average molecular weight is 272 g/mol. The van der Waals surface area contributed by atoms with Gasteiger partial charge in [0.25, 0.3) is 0 Å². The van der Waals surface area contributed by atoms with E-state index < -0.39 is 0 Å². The number of aliphatic hydroxyl groups excluding tert-OH is 1. The van der Waals surface area contributed by atoms with Gasteiger partial charge in [0.05, 0.1) is 6.61 Å². The third-order valence-corrected chi connectivity index (χ3v) is 5.41. The Morgan fingerprint density at radius 3 is 3.00 bits per heavy atom. The van der Waals surface area contributed by atoms with Crippen LogP contribution in [0.1, 0.15) is 32.6 Å². The van der Waals surface area contributed by atoms with Gasteiger partial charge in [-0.3, -0.25) is 4.79 Å². The van der Waals surface area contributed by atoms with Crippen LogP contribution >= 0.6 is 11.8 Å². The van der Waals surface area contributed by atoms with E-state index in [0.717, 1.165) is 19.4 Å². The van der Waals surface area contributed by atoms with Gasteiger partial charge in [0.15, 0.2) is 0 Å². The molecule has 1 amide bonds. The summed E-state index contributed by atoms with van der Waals surface area (Å²) in [4.78, 5) is 14.0. The molecular weight excluding hydrogens is 248 g/mol. The van der Waals surface area contributed by atoms with Crippen molar-refractivity contribution in [2.24, 2.45) is 0 Å². The third-order valence-electron chi connectivity index (χ3n) is 4.25. The van der Waals surface area contributed by atoms with Crippen LogP contribution in [0.3, 0.4) is 0 Å². The number of fused-ring (bicyclic) bond motifs is 1. The number of piperidine rings is 1. The number of amides is 1. The van der Waals surface area contributed by atoms with Gasteiger partial charge < -0.3 is 15.3 Å². The topological polar surface area (TPSA) is 52.6 Å². The normalized spacial score (nSPS) is 31.3. The minimum Gasteiger partial charge on any atom is -0.395 e. The number of carbonyl (C=O) groups excluding carboxylic acids is 1. The maximum absolute atomic E-state index is 11.9. The standard InChI is InChI=1S/C13H24N2O2S/c1-9(12(8-16)18-2)14-10-7-13(17)15-6-4-3-5-11(10)15/h9-12,14,16H,3-8H2,1-2H3. The Hall–Kier alpha value is -0.260. The van der Waals surface area contributed by atoms with Crippen molar-refractivity contribution in [1.82, 2.24) is 10.2 Å². The molecule has 18 heavy (non-hydrogen) atoms. The molecule has 104 valence electrons. The molecule has 0 saturated carbocycles. The van der Waals surface area contributed by atoms with E-state index in [1.54, 1.807) is 11.8 Å². The molecule has 2 N–H and O–H groups in total. The monoisotopic (exact) mass is 272 g/mol. The highest BCUT2D eigenvalue weighted by molar-refractivity contribution is 7.99. The van der Waals surface area contributed by atoms with Gasteiger partial charge in [0.2, 0.25) is 5.91 Å². The van der Waals surface area contributed by atoms with E-state index in [4.69, 9.17) is 0 Å². The fourth-order valence-corrected chi connectivity index (χ4v) is 3.81. The van der Waals surface area contributed by atoms with Crippen LogP contribution < -0.4 is 5.32 Å². The summed E-state index contributed by atoms with van der Waals surface area (Å²) in [6.07, 6.45) is 6.15. The van der Waals surface area contributed by atoms with E-state index in [0.29, 0.717) is 18.4 Å². The molecule has 2 aliphatic heterocycles. The number of carbonyl (C=O) groups is 1. The molecule has 5 heteroatoms. The Morgan fingerprint density at radius 1 is 1.56 bits per heavy atom. The maximum Gasteiger partial charge on any atom is 0.224 e. The highest BCUT2D eigenvalue weighted by Gasteiger charge is 2.41. The highest BCUT2D eigenvalue weighted by Crippen LogP contribution is 2.29. The summed E-state index contributed by atoms with van der Waals surface area (Å²) in [5, 5.41) is 13.1. The molecule has 4 unspecified atom stereocenters. The van der Waals surface area contributed by atoms with Gasteiger partial charge in [-0.25, -0.2) is 0 Å². The molecule has 2 saturated heterocycles. The zero-order chi connectivity index (χ0) is 13.1. The Balaban J connectivity index is 1.95. The SMILES string of the molecule is CSC(CO)C(C)NC1CC(=O)N2CCCCC12. The van der Waals surface area contributed by atoms with Gasteiger partial charge in [-0.2, -0.15) is 11.8 Å². The van der Waals surface area contributed by atoms with Gasteiger partial charge in [-0.15, -0.1) is 0 Å². The number of hydrogen-bond acceptors (Lipinski definition) is 4. The van der Waals surface area contributed by atoms with E-state index in [9.17, 15) is 9.90 Å². The van der Waals surface area contributed by atoms with Crippen LogP contribution in [0.4, 0.5) is 0 Å². The van der Waals surface area contributed by atoms with Crippen molar-refractivity contribution in [1.29, 1.82) is 0 Å². The summed E-state index contributed by atoms with van der Waals surface area (Å²) in [7, 11) is 0. The van der Waals surface area contributed by atoms with Crippen LogP contribution in [0.25, 0.3) is 0 Å². The molecule has 2 rings (SSSR count). The second kappa shape index (κ2) is 6.26. The second-order valence-electron chi connectivity index (χ2n) is 5.37. The van der Waals surface area contributed by atoms with Crippen LogP contribution in [0.5, 0.6) is 0 Å². The van der Waals surface area contributed by atoms with Crippen LogP contribution in [0.15, 0.2) is 0 Å². The van der Waals surface area contributed by atoms with Crippen molar-refractivity contribution < 1.29 is 9.90 Å².